The van der Waals surface area contributed by atoms with E-state index in [1.165, 1.54) is 28.4 Å². The summed E-state index contributed by atoms with van der Waals surface area (Å²) in [6.07, 6.45) is 0. The largest absolute Gasteiger partial charge is 0.497 e. The number of methoxy groups -OCH3 is 1. The summed E-state index contributed by atoms with van der Waals surface area (Å²) >= 11 is 2.83. The van der Waals surface area contributed by atoms with E-state index in [0.29, 0.717) is 34.1 Å². The molecule has 46 heavy (non-hydrogen) atoms. The molecule has 2 aliphatic heterocycles. The van der Waals surface area contributed by atoms with E-state index >= 15 is 0 Å². The number of thioether (sulfide) groups is 2. The van der Waals surface area contributed by atoms with Crippen molar-refractivity contribution in [1.29, 1.82) is 0 Å². The number of aryl methyl sites for hydroxylation is 1. The molecule has 2 atom stereocenters. The first kappa shape index (κ1) is 31.3. The first-order chi connectivity index (χ1) is 22.3. The number of β-lactam (4-membered cyclic amide) rings is 1. The molecular weight excluding hydrogens is 623 g/mol. The minimum absolute atomic E-state index is 0.0112. The Labute approximate surface area is 275 Å². The lowest BCUT2D eigenvalue weighted by molar-refractivity contribution is -0.153. The molecule has 1 saturated heterocycles. The molecule has 3 aromatic carbocycles. The highest BCUT2D eigenvalue weighted by Crippen LogP contribution is 2.44. The zero-order valence-corrected chi connectivity index (χ0v) is 26.9. The zero-order chi connectivity index (χ0) is 32.2. The highest BCUT2D eigenvalue weighted by atomic mass is 32.2. The highest BCUT2D eigenvalue weighted by Gasteiger charge is 2.54. The SMILES string of the molecule is C=C(C1=C(C(=O)OCc2ccc(OC)cc2)N2C(=O)[C@@H](NC(=O)CSc3ccccc3)[C@H]2SC1)c1cc(-c2ccc(C)cc2)no1. The monoisotopic (exact) mass is 653 g/mol. The summed E-state index contributed by atoms with van der Waals surface area (Å²) in [6.45, 7) is 6.23. The Bertz CT molecular complexity index is 1800. The molecule has 0 saturated carbocycles. The van der Waals surface area contributed by atoms with Crippen LogP contribution in [0.5, 0.6) is 5.75 Å². The van der Waals surface area contributed by atoms with Crippen molar-refractivity contribution in [2.24, 2.45) is 0 Å². The van der Waals surface area contributed by atoms with Crippen LogP contribution in [-0.2, 0) is 25.7 Å². The fraction of sp³-hybridized carbons (Fsp3) is 0.200. The molecule has 1 N–H and O–H groups in total. The van der Waals surface area contributed by atoms with E-state index in [0.717, 1.165) is 21.6 Å². The predicted octanol–water partition coefficient (Wildman–Crippen LogP) is 5.86. The number of aromatic nitrogens is 1. The number of fused-ring (bicyclic) bond motifs is 1. The molecule has 4 aromatic rings. The van der Waals surface area contributed by atoms with Crippen molar-refractivity contribution in [3.8, 4) is 17.0 Å². The Balaban J connectivity index is 1.23. The normalized spacial score (nSPS) is 17.2. The third-order valence-electron chi connectivity index (χ3n) is 7.64. The van der Waals surface area contributed by atoms with Crippen LogP contribution in [0.2, 0.25) is 0 Å². The number of ether oxygens (including phenoxy) is 2. The van der Waals surface area contributed by atoms with Crippen LogP contribution >= 0.6 is 23.5 Å². The van der Waals surface area contributed by atoms with Crippen molar-refractivity contribution in [3.05, 3.63) is 120 Å². The van der Waals surface area contributed by atoms with Crippen molar-refractivity contribution in [2.75, 3.05) is 18.6 Å². The van der Waals surface area contributed by atoms with Gasteiger partial charge in [-0.25, -0.2) is 4.79 Å². The summed E-state index contributed by atoms with van der Waals surface area (Å²) in [5, 5.41) is 6.60. The van der Waals surface area contributed by atoms with Crippen LogP contribution in [0, 0.1) is 6.92 Å². The number of rotatable bonds is 11. The number of amides is 2. The quantitative estimate of drug-likeness (QED) is 0.121. The second kappa shape index (κ2) is 13.7. The topological polar surface area (TPSA) is 111 Å². The Morgan fingerprint density at radius 1 is 1.09 bits per heavy atom. The van der Waals surface area contributed by atoms with Gasteiger partial charge in [0.2, 0.25) is 5.91 Å². The molecular formula is C35H31N3O6S2. The van der Waals surface area contributed by atoms with Gasteiger partial charge in [0.15, 0.2) is 5.76 Å². The van der Waals surface area contributed by atoms with Gasteiger partial charge in [-0.1, -0.05) is 71.9 Å². The first-order valence-corrected chi connectivity index (χ1v) is 16.5. The standard InChI is InChI=1S/C35H31N3O6S2/c1-21-9-13-24(14-10-21)28-17-29(44-37-28)22(2)27-19-46-34-31(36-30(39)20-45-26-7-5-4-6-8-26)33(40)38(34)32(27)35(41)43-18-23-11-15-25(42-3)16-12-23/h4-17,31,34H,2,18-20H2,1,3H3,(H,36,39)/t31-,34-/m1/s1. The molecule has 0 bridgehead atoms. The average molecular weight is 654 g/mol. The minimum atomic E-state index is -0.772. The maximum absolute atomic E-state index is 13.7. The van der Waals surface area contributed by atoms with Gasteiger partial charge in [-0.05, 0) is 36.8 Å². The maximum Gasteiger partial charge on any atom is 0.355 e. The molecule has 9 nitrogen and oxygen atoms in total. The summed E-state index contributed by atoms with van der Waals surface area (Å²) in [7, 11) is 1.58. The lowest BCUT2D eigenvalue weighted by Gasteiger charge is -2.49. The predicted molar refractivity (Wildman–Crippen MR) is 178 cm³/mol. The van der Waals surface area contributed by atoms with Crippen LogP contribution in [0.15, 0.2) is 112 Å². The molecule has 1 fully saturated rings. The molecule has 2 amide bonds. The van der Waals surface area contributed by atoms with Gasteiger partial charge >= 0.3 is 5.97 Å². The van der Waals surface area contributed by atoms with Gasteiger partial charge in [0.1, 0.15) is 35.2 Å². The van der Waals surface area contributed by atoms with Crippen molar-refractivity contribution < 1.29 is 28.4 Å². The third kappa shape index (κ3) is 6.61. The number of carbonyl (C=O) groups is 3. The second-order valence-corrected chi connectivity index (χ2v) is 12.9. The lowest BCUT2D eigenvalue weighted by Crippen LogP contribution is -2.70. The van der Waals surface area contributed by atoms with Crippen LogP contribution in [0.4, 0.5) is 0 Å². The smallest absolute Gasteiger partial charge is 0.355 e. The van der Waals surface area contributed by atoms with Gasteiger partial charge in [-0.15, -0.1) is 23.5 Å². The molecule has 11 heteroatoms. The van der Waals surface area contributed by atoms with Crippen molar-refractivity contribution in [3.63, 3.8) is 0 Å². The van der Waals surface area contributed by atoms with Gasteiger partial charge in [0, 0.05) is 33.4 Å². The van der Waals surface area contributed by atoms with Crippen molar-refractivity contribution in [2.45, 2.75) is 29.8 Å². The number of hydrogen-bond donors (Lipinski definition) is 1. The number of nitrogens with zero attached hydrogens (tertiary/aromatic N) is 2. The molecule has 6 rings (SSSR count). The number of benzene rings is 3. The summed E-state index contributed by atoms with van der Waals surface area (Å²) < 4.78 is 16.6. The second-order valence-electron chi connectivity index (χ2n) is 10.7. The Hall–Kier alpha value is -4.74. The summed E-state index contributed by atoms with van der Waals surface area (Å²) in [6, 6.07) is 25.6. The molecule has 0 spiro atoms. The molecule has 0 unspecified atom stereocenters. The van der Waals surface area contributed by atoms with E-state index in [9.17, 15) is 14.4 Å². The van der Waals surface area contributed by atoms with E-state index < -0.39 is 23.3 Å². The number of carbonyl (C=O) groups excluding carboxylic acids is 3. The van der Waals surface area contributed by atoms with Crippen LogP contribution in [0.3, 0.4) is 0 Å². The van der Waals surface area contributed by atoms with E-state index in [1.807, 2.05) is 61.5 Å². The maximum atomic E-state index is 13.7. The van der Waals surface area contributed by atoms with Crippen LogP contribution in [0.1, 0.15) is 16.9 Å². The van der Waals surface area contributed by atoms with Gasteiger partial charge in [-0.3, -0.25) is 14.5 Å². The zero-order valence-electron chi connectivity index (χ0n) is 25.2. The first-order valence-electron chi connectivity index (χ1n) is 14.5. The summed E-state index contributed by atoms with van der Waals surface area (Å²) in [5.74, 6) is 0.229. The third-order valence-corrected chi connectivity index (χ3v) is 9.93. The molecule has 234 valence electrons. The van der Waals surface area contributed by atoms with Crippen LogP contribution < -0.4 is 10.1 Å². The summed E-state index contributed by atoms with van der Waals surface area (Å²) in [4.78, 5) is 42.4. The van der Waals surface area contributed by atoms with Crippen LogP contribution in [-0.4, -0.2) is 57.9 Å². The number of allylic oxidation sites excluding steroid dienone is 1. The van der Waals surface area contributed by atoms with Crippen LogP contribution in [0.25, 0.3) is 16.8 Å². The van der Waals surface area contributed by atoms with E-state index in [1.54, 1.807) is 37.4 Å². The van der Waals surface area contributed by atoms with E-state index in [-0.39, 0.29) is 24.0 Å². The van der Waals surface area contributed by atoms with Gasteiger partial charge in [0.05, 0.1) is 12.9 Å². The van der Waals surface area contributed by atoms with Gasteiger partial charge < -0.3 is 19.3 Å². The number of nitrogens with one attached hydrogen (secondary N) is 1. The molecule has 0 aliphatic carbocycles. The van der Waals surface area contributed by atoms with Gasteiger partial charge in [0.25, 0.3) is 5.91 Å². The van der Waals surface area contributed by atoms with E-state index in [4.69, 9.17) is 14.0 Å². The average Bonchev–Trinajstić information content (AvgIpc) is 3.59. The Kier molecular flexibility index (Phi) is 9.32. The fourth-order valence-electron chi connectivity index (χ4n) is 5.09. The Morgan fingerprint density at radius 3 is 2.54 bits per heavy atom. The fourth-order valence-corrected chi connectivity index (χ4v) is 7.20. The number of esters is 1. The summed E-state index contributed by atoms with van der Waals surface area (Å²) in [5.41, 5.74) is 4.39. The minimum Gasteiger partial charge on any atom is -0.497 e. The molecule has 2 aliphatic rings. The highest BCUT2D eigenvalue weighted by molar-refractivity contribution is 8.00. The van der Waals surface area contributed by atoms with Crippen molar-refractivity contribution >= 4 is 46.9 Å². The molecule has 1 aromatic heterocycles. The Morgan fingerprint density at radius 2 is 1.83 bits per heavy atom. The van der Waals surface area contributed by atoms with E-state index in [2.05, 4.69) is 17.1 Å². The lowest BCUT2D eigenvalue weighted by atomic mass is 9.98. The van der Waals surface area contributed by atoms with Gasteiger partial charge in [-0.2, -0.15) is 0 Å². The van der Waals surface area contributed by atoms with Crippen molar-refractivity contribution in [1.82, 2.24) is 15.4 Å². The molecule has 3 heterocycles. The number of hydrogen-bond acceptors (Lipinski definition) is 9. The molecule has 0 radical (unpaired) electrons.